The average Bonchev–Trinajstić information content (AvgIpc) is 2.42. The Labute approximate surface area is 107 Å². The van der Waals surface area contributed by atoms with Crippen LogP contribution in [0.3, 0.4) is 0 Å². The van der Waals surface area contributed by atoms with Gasteiger partial charge in [-0.1, -0.05) is 12.8 Å². The molecule has 2 amide bonds. The van der Waals surface area contributed by atoms with Crippen molar-refractivity contribution in [2.75, 3.05) is 27.3 Å². The standard InChI is InChI=1S/C12H22N2O4/c1-17-11(15)13-7-9-5-3-4-6-10(9)8-14-12(16)18-2/h9-10H,3-8H2,1-2H3,(H,13,15)(H,14,16). The van der Waals surface area contributed by atoms with Crippen molar-refractivity contribution >= 4 is 12.2 Å². The molecule has 1 rings (SSSR count). The fourth-order valence-corrected chi connectivity index (χ4v) is 2.40. The molecule has 0 bridgehead atoms. The van der Waals surface area contributed by atoms with E-state index in [1.165, 1.54) is 27.1 Å². The quantitative estimate of drug-likeness (QED) is 0.801. The van der Waals surface area contributed by atoms with Crippen molar-refractivity contribution in [1.82, 2.24) is 10.6 Å². The molecule has 0 radical (unpaired) electrons. The third-order valence-electron chi connectivity index (χ3n) is 3.45. The van der Waals surface area contributed by atoms with Crippen LogP contribution in [0.5, 0.6) is 0 Å². The van der Waals surface area contributed by atoms with E-state index in [0.717, 1.165) is 12.8 Å². The molecular weight excluding hydrogens is 236 g/mol. The minimum atomic E-state index is -0.403. The number of hydrogen-bond acceptors (Lipinski definition) is 4. The Morgan fingerprint density at radius 1 is 0.944 bits per heavy atom. The van der Waals surface area contributed by atoms with Gasteiger partial charge in [0.05, 0.1) is 14.2 Å². The molecule has 18 heavy (non-hydrogen) atoms. The molecule has 104 valence electrons. The maximum absolute atomic E-state index is 11.1. The molecule has 1 saturated carbocycles. The second-order valence-corrected chi connectivity index (χ2v) is 4.55. The molecule has 0 spiro atoms. The molecule has 0 aliphatic heterocycles. The Hall–Kier alpha value is -1.46. The van der Waals surface area contributed by atoms with Crippen molar-refractivity contribution < 1.29 is 19.1 Å². The number of methoxy groups -OCH3 is 2. The van der Waals surface area contributed by atoms with Crippen LogP contribution in [0, 0.1) is 11.8 Å². The van der Waals surface area contributed by atoms with Crippen molar-refractivity contribution in [3.05, 3.63) is 0 Å². The SMILES string of the molecule is COC(=O)NCC1CCCCC1CNC(=O)OC. The third-order valence-corrected chi connectivity index (χ3v) is 3.45. The van der Waals surface area contributed by atoms with Crippen molar-refractivity contribution in [3.63, 3.8) is 0 Å². The van der Waals surface area contributed by atoms with Crippen LogP contribution in [0.15, 0.2) is 0 Å². The predicted molar refractivity (Wildman–Crippen MR) is 66.3 cm³/mol. The number of ether oxygens (including phenoxy) is 2. The van der Waals surface area contributed by atoms with Gasteiger partial charge in [0.15, 0.2) is 0 Å². The van der Waals surface area contributed by atoms with E-state index in [1.807, 2.05) is 0 Å². The van der Waals surface area contributed by atoms with Gasteiger partial charge in [0.1, 0.15) is 0 Å². The molecule has 0 heterocycles. The summed E-state index contributed by atoms with van der Waals surface area (Å²) in [6.07, 6.45) is 3.67. The highest BCUT2D eigenvalue weighted by Gasteiger charge is 2.25. The van der Waals surface area contributed by atoms with E-state index in [4.69, 9.17) is 0 Å². The van der Waals surface area contributed by atoms with Crippen LogP contribution in [0.25, 0.3) is 0 Å². The second kappa shape index (κ2) is 7.79. The normalized spacial score (nSPS) is 23.0. The number of carbonyl (C=O) groups is 2. The van der Waals surface area contributed by atoms with Gasteiger partial charge in [-0.25, -0.2) is 9.59 Å². The zero-order chi connectivity index (χ0) is 13.4. The summed E-state index contributed by atoms with van der Waals surface area (Å²) in [4.78, 5) is 22.1. The Bertz CT molecular complexity index is 255. The van der Waals surface area contributed by atoms with E-state index in [1.54, 1.807) is 0 Å². The molecule has 0 aromatic rings. The zero-order valence-corrected chi connectivity index (χ0v) is 11.0. The first kappa shape index (κ1) is 14.6. The van der Waals surface area contributed by atoms with Crippen molar-refractivity contribution in [2.24, 2.45) is 11.8 Å². The van der Waals surface area contributed by atoms with Gasteiger partial charge in [-0.15, -0.1) is 0 Å². The van der Waals surface area contributed by atoms with Gasteiger partial charge >= 0.3 is 12.2 Å². The summed E-state index contributed by atoms with van der Waals surface area (Å²) in [7, 11) is 2.71. The fraction of sp³-hybridized carbons (Fsp3) is 0.833. The van der Waals surface area contributed by atoms with Gasteiger partial charge in [0.2, 0.25) is 0 Å². The second-order valence-electron chi connectivity index (χ2n) is 4.55. The number of hydrogen-bond donors (Lipinski definition) is 2. The summed E-state index contributed by atoms with van der Waals surface area (Å²) in [5.74, 6) is 0.769. The van der Waals surface area contributed by atoms with E-state index in [9.17, 15) is 9.59 Å². The lowest BCUT2D eigenvalue weighted by Gasteiger charge is -2.31. The number of carbonyl (C=O) groups excluding carboxylic acids is 2. The predicted octanol–water partition coefficient (Wildman–Crippen LogP) is 1.50. The lowest BCUT2D eigenvalue weighted by Crippen LogP contribution is -2.39. The highest BCUT2D eigenvalue weighted by atomic mass is 16.5. The summed E-state index contributed by atoms with van der Waals surface area (Å²) in [5.41, 5.74) is 0. The van der Waals surface area contributed by atoms with Crippen molar-refractivity contribution in [1.29, 1.82) is 0 Å². The Kier molecular flexibility index (Phi) is 6.32. The maximum atomic E-state index is 11.1. The first-order valence-corrected chi connectivity index (χ1v) is 6.31. The summed E-state index contributed by atoms with van der Waals surface area (Å²) < 4.78 is 9.10. The van der Waals surface area contributed by atoms with Crippen LogP contribution < -0.4 is 10.6 Å². The minimum absolute atomic E-state index is 0.384. The fourth-order valence-electron chi connectivity index (χ4n) is 2.40. The highest BCUT2D eigenvalue weighted by molar-refractivity contribution is 5.67. The van der Waals surface area contributed by atoms with Crippen LogP contribution in [-0.2, 0) is 9.47 Å². The topological polar surface area (TPSA) is 76.7 Å². The molecule has 2 atom stereocenters. The molecule has 0 aromatic heterocycles. The van der Waals surface area contributed by atoms with Crippen LogP contribution in [-0.4, -0.2) is 39.5 Å². The van der Waals surface area contributed by atoms with Crippen LogP contribution in [0.4, 0.5) is 9.59 Å². The third kappa shape index (κ3) is 4.81. The Balaban J connectivity index is 2.36. The zero-order valence-electron chi connectivity index (χ0n) is 11.0. The molecular formula is C12H22N2O4. The van der Waals surface area contributed by atoms with Crippen molar-refractivity contribution in [2.45, 2.75) is 25.7 Å². The van der Waals surface area contributed by atoms with E-state index >= 15 is 0 Å². The average molecular weight is 258 g/mol. The van der Waals surface area contributed by atoms with Crippen LogP contribution >= 0.6 is 0 Å². The van der Waals surface area contributed by atoms with Gasteiger partial charge in [0, 0.05) is 13.1 Å². The lowest BCUT2D eigenvalue weighted by atomic mass is 9.79. The summed E-state index contributed by atoms with van der Waals surface area (Å²) in [5, 5.41) is 5.46. The molecule has 1 fully saturated rings. The molecule has 0 saturated heterocycles. The van der Waals surface area contributed by atoms with Gasteiger partial charge in [-0.05, 0) is 24.7 Å². The molecule has 6 nitrogen and oxygen atoms in total. The smallest absolute Gasteiger partial charge is 0.406 e. The summed E-state index contributed by atoms with van der Waals surface area (Å²) in [6, 6.07) is 0. The Morgan fingerprint density at radius 2 is 1.33 bits per heavy atom. The molecule has 6 heteroatoms. The molecule has 2 unspecified atom stereocenters. The van der Waals surface area contributed by atoms with Crippen LogP contribution in [0.1, 0.15) is 25.7 Å². The maximum Gasteiger partial charge on any atom is 0.406 e. The highest BCUT2D eigenvalue weighted by Crippen LogP contribution is 2.29. The van der Waals surface area contributed by atoms with Gasteiger partial charge in [0.25, 0.3) is 0 Å². The summed E-state index contributed by atoms with van der Waals surface area (Å²) in [6.45, 7) is 1.19. The largest absolute Gasteiger partial charge is 0.453 e. The number of nitrogens with one attached hydrogen (secondary N) is 2. The molecule has 1 aliphatic rings. The van der Waals surface area contributed by atoms with E-state index in [2.05, 4.69) is 20.1 Å². The van der Waals surface area contributed by atoms with Gasteiger partial charge in [-0.3, -0.25) is 0 Å². The van der Waals surface area contributed by atoms with Gasteiger partial charge < -0.3 is 20.1 Å². The monoisotopic (exact) mass is 258 g/mol. The van der Waals surface area contributed by atoms with E-state index < -0.39 is 12.2 Å². The molecule has 2 N–H and O–H groups in total. The first-order valence-electron chi connectivity index (χ1n) is 6.31. The van der Waals surface area contributed by atoms with Crippen LogP contribution in [0.2, 0.25) is 0 Å². The molecule has 0 aromatic carbocycles. The van der Waals surface area contributed by atoms with Gasteiger partial charge in [-0.2, -0.15) is 0 Å². The van der Waals surface area contributed by atoms with E-state index in [0.29, 0.717) is 24.9 Å². The lowest BCUT2D eigenvalue weighted by molar-refractivity contribution is 0.153. The first-order chi connectivity index (χ1) is 8.67. The minimum Gasteiger partial charge on any atom is -0.453 e. The van der Waals surface area contributed by atoms with Crippen molar-refractivity contribution in [3.8, 4) is 0 Å². The Morgan fingerprint density at radius 3 is 1.67 bits per heavy atom. The van der Waals surface area contributed by atoms with E-state index in [-0.39, 0.29) is 0 Å². The number of alkyl carbamates (subject to hydrolysis) is 2. The molecule has 1 aliphatic carbocycles. The number of amides is 2. The number of rotatable bonds is 4. The summed E-state index contributed by atoms with van der Waals surface area (Å²) >= 11 is 0.